The van der Waals surface area contributed by atoms with Gasteiger partial charge in [-0.15, -0.1) is 0 Å². The van der Waals surface area contributed by atoms with Crippen molar-refractivity contribution in [3.8, 4) is 0 Å². The van der Waals surface area contributed by atoms with Crippen LogP contribution in [-0.2, 0) is 46.3 Å². The number of aliphatic hydroxyl groups is 3. The van der Waals surface area contributed by atoms with Gasteiger partial charge >= 0.3 is 27.6 Å². The number of phosphoric acid groups is 2. The Bertz CT molecular complexity index is 1280. The summed E-state index contributed by atoms with van der Waals surface area (Å²) in [5.74, 6) is -1.01. The van der Waals surface area contributed by atoms with Crippen molar-refractivity contribution in [2.24, 2.45) is 0 Å². The predicted molar refractivity (Wildman–Crippen MR) is 261 cm³/mol. The maximum atomic E-state index is 12.2. The molecular weight excluding hydrogens is 890 g/mol. The molecule has 0 aromatic heterocycles. The Morgan fingerprint density at radius 2 is 0.606 bits per heavy atom. The maximum Gasteiger partial charge on any atom is 0.472 e. The molecule has 66 heavy (non-hydrogen) atoms. The molecular formula is C49H94O15P2. The molecule has 0 fully saturated rings. The number of aliphatic hydroxyl groups excluding tert-OH is 3. The highest BCUT2D eigenvalue weighted by Crippen LogP contribution is 2.45. The van der Waals surface area contributed by atoms with Crippen molar-refractivity contribution in [3.05, 3.63) is 24.3 Å². The summed E-state index contributed by atoms with van der Waals surface area (Å²) in [5, 5.41) is 30.0. The van der Waals surface area contributed by atoms with Crippen molar-refractivity contribution in [1.29, 1.82) is 0 Å². The lowest BCUT2D eigenvalue weighted by molar-refractivity contribution is -0.148. The van der Waals surface area contributed by atoms with Crippen molar-refractivity contribution < 1.29 is 71.4 Å². The fraction of sp³-hybridized carbons (Fsp3) is 0.878. The van der Waals surface area contributed by atoms with E-state index in [4.69, 9.17) is 14.0 Å². The second-order valence-electron chi connectivity index (χ2n) is 17.5. The third kappa shape index (κ3) is 47.6. The zero-order valence-corrected chi connectivity index (χ0v) is 42.9. The summed E-state index contributed by atoms with van der Waals surface area (Å²) < 4.78 is 53.0. The standard InChI is InChI=1S/C49H94O15P2/c1-3-5-7-9-11-13-15-17-18-19-20-21-22-23-24-26-28-30-32-34-36-38-49(54)60-40-46(51)42-62-66(57,58)64-44-47(52)43-63-65(55,56)61-41-45(50)39-59-48(53)37-35-33-31-29-27-25-16-14-12-10-8-6-4-2/h17-18,25,27,45-47,50-52H,3-16,19-24,26,28-44H2,1-2H3,(H,55,56)(H,57,58)/b18-17+,27-25-. The summed E-state index contributed by atoms with van der Waals surface area (Å²) in [5.41, 5.74) is 0. The quantitative estimate of drug-likeness (QED) is 0.0165. The molecule has 0 spiro atoms. The molecule has 17 heteroatoms. The number of phosphoric ester groups is 2. The molecule has 0 saturated heterocycles. The number of hydrogen-bond donors (Lipinski definition) is 5. The zero-order valence-electron chi connectivity index (χ0n) is 41.1. The van der Waals surface area contributed by atoms with Crippen molar-refractivity contribution in [3.63, 3.8) is 0 Å². The summed E-state index contributed by atoms with van der Waals surface area (Å²) >= 11 is 0. The first kappa shape index (κ1) is 64.5. The van der Waals surface area contributed by atoms with Crippen LogP contribution in [0.5, 0.6) is 0 Å². The molecule has 5 atom stereocenters. The smallest absolute Gasteiger partial charge is 0.463 e. The van der Waals surface area contributed by atoms with Gasteiger partial charge in [0.05, 0.1) is 26.4 Å². The largest absolute Gasteiger partial charge is 0.472 e. The molecule has 0 heterocycles. The third-order valence-electron chi connectivity index (χ3n) is 10.9. The van der Waals surface area contributed by atoms with Crippen LogP contribution < -0.4 is 0 Å². The topological polar surface area (TPSA) is 225 Å². The van der Waals surface area contributed by atoms with Gasteiger partial charge in [0.1, 0.15) is 31.5 Å². The first-order valence-corrected chi connectivity index (χ1v) is 28.7. The highest BCUT2D eigenvalue weighted by molar-refractivity contribution is 7.47. The number of carbonyl (C=O) groups excluding carboxylic acids is 2. The van der Waals surface area contributed by atoms with Crippen molar-refractivity contribution in [2.45, 2.75) is 238 Å². The van der Waals surface area contributed by atoms with Crippen LogP contribution in [0, 0.1) is 0 Å². The summed E-state index contributed by atoms with van der Waals surface area (Å²) in [4.78, 5) is 43.8. The van der Waals surface area contributed by atoms with Gasteiger partial charge in [-0.05, 0) is 64.2 Å². The van der Waals surface area contributed by atoms with Crippen LogP contribution in [0.3, 0.4) is 0 Å². The fourth-order valence-corrected chi connectivity index (χ4v) is 8.44. The molecule has 0 aromatic carbocycles. The average Bonchev–Trinajstić information content (AvgIpc) is 3.29. The van der Waals surface area contributed by atoms with E-state index in [1.54, 1.807) is 0 Å². The van der Waals surface area contributed by atoms with E-state index in [-0.39, 0.29) is 12.8 Å². The van der Waals surface area contributed by atoms with Crippen molar-refractivity contribution >= 4 is 27.6 Å². The lowest BCUT2D eigenvalue weighted by Crippen LogP contribution is -2.25. The molecule has 0 rings (SSSR count). The van der Waals surface area contributed by atoms with E-state index in [9.17, 15) is 43.8 Å². The van der Waals surface area contributed by atoms with Gasteiger partial charge in [-0.1, -0.05) is 167 Å². The Morgan fingerprint density at radius 3 is 0.894 bits per heavy atom. The minimum Gasteiger partial charge on any atom is -0.463 e. The van der Waals surface area contributed by atoms with Crippen LogP contribution in [0.4, 0.5) is 0 Å². The maximum absolute atomic E-state index is 12.2. The van der Waals surface area contributed by atoms with Crippen LogP contribution in [0.15, 0.2) is 24.3 Å². The number of allylic oxidation sites excluding steroid dienone is 4. The zero-order chi connectivity index (χ0) is 48.8. The van der Waals surface area contributed by atoms with Gasteiger partial charge in [0.25, 0.3) is 0 Å². The lowest BCUT2D eigenvalue weighted by Gasteiger charge is -2.19. The van der Waals surface area contributed by atoms with E-state index >= 15 is 0 Å². The minimum atomic E-state index is -4.79. The number of unbranched alkanes of at least 4 members (excludes halogenated alkanes) is 26. The SMILES string of the molecule is CCCCCCCC/C=C\CCCCCC(=O)OCC(O)COP(=O)(O)OCC(O)COP(=O)(O)OCC(O)COC(=O)CCCCCCCCCCCCC/C=C/CCCCCCCC. The van der Waals surface area contributed by atoms with E-state index in [2.05, 4.69) is 51.7 Å². The molecule has 15 nitrogen and oxygen atoms in total. The minimum absolute atomic E-state index is 0.178. The van der Waals surface area contributed by atoms with Crippen LogP contribution in [-0.4, -0.2) is 95.0 Å². The predicted octanol–water partition coefficient (Wildman–Crippen LogP) is 12.1. The van der Waals surface area contributed by atoms with E-state index in [0.717, 1.165) is 44.9 Å². The average molecular weight is 985 g/mol. The molecule has 0 aromatic rings. The van der Waals surface area contributed by atoms with Crippen molar-refractivity contribution in [2.75, 3.05) is 39.6 Å². The van der Waals surface area contributed by atoms with E-state index in [1.165, 1.54) is 135 Å². The lowest BCUT2D eigenvalue weighted by atomic mass is 10.0. The Kier molecular flexibility index (Phi) is 44.9. The van der Waals surface area contributed by atoms with Gasteiger partial charge in [0.15, 0.2) is 0 Å². The number of rotatable bonds is 50. The summed E-state index contributed by atoms with van der Waals surface area (Å²) in [7, 11) is -9.57. The Labute approximate surface area is 399 Å². The molecule has 0 radical (unpaired) electrons. The molecule has 5 unspecified atom stereocenters. The van der Waals surface area contributed by atoms with Gasteiger partial charge in [0, 0.05) is 12.8 Å². The molecule has 0 aliphatic carbocycles. The first-order chi connectivity index (χ1) is 31.8. The molecule has 5 N–H and O–H groups in total. The number of esters is 2. The molecule has 0 aliphatic heterocycles. The van der Waals surface area contributed by atoms with E-state index < -0.39 is 85.5 Å². The number of ether oxygens (including phenoxy) is 2. The second kappa shape index (κ2) is 45.9. The monoisotopic (exact) mass is 985 g/mol. The van der Waals surface area contributed by atoms with E-state index in [0.29, 0.717) is 12.8 Å². The van der Waals surface area contributed by atoms with Crippen molar-refractivity contribution in [1.82, 2.24) is 0 Å². The number of carbonyl (C=O) groups is 2. The Hall–Kier alpha value is -1.48. The molecule has 390 valence electrons. The third-order valence-corrected chi connectivity index (χ3v) is 12.8. The van der Waals surface area contributed by atoms with Crippen LogP contribution in [0.1, 0.15) is 219 Å². The molecule has 0 saturated carbocycles. The fourth-order valence-electron chi connectivity index (χ4n) is 6.85. The first-order valence-electron chi connectivity index (χ1n) is 25.7. The van der Waals surface area contributed by atoms with Crippen LogP contribution in [0.2, 0.25) is 0 Å². The van der Waals surface area contributed by atoms with E-state index in [1.807, 2.05) is 0 Å². The summed E-state index contributed by atoms with van der Waals surface area (Å²) in [6.07, 6.45) is 40.3. The molecule has 0 amide bonds. The normalized spacial score (nSPS) is 15.2. The summed E-state index contributed by atoms with van der Waals surface area (Å²) in [6, 6.07) is 0. The molecule has 0 aliphatic rings. The second-order valence-corrected chi connectivity index (χ2v) is 20.4. The Morgan fingerprint density at radius 1 is 0.379 bits per heavy atom. The number of hydrogen-bond acceptors (Lipinski definition) is 13. The molecule has 0 bridgehead atoms. The highest BCUT2D eigenvalue weighted by Gasteiger charge is 2.28. The van der Waals surface area contributed by atoms with Gasteiger partial charge in [0.2, 0.25) is 0 Å². The Balaban J connectivity index is 3.84. The van der Waals surface area contributed by atoms with Gasteiger partial charge < -0.3 is 34.6 Å². The van der Waals surface area contributed by atoms with Crippen LogP contribution in [0.25, 0.3) is 0 Å². The van der Waals surface area contributed by atoms with Crippen LogP contribution >= 0.6 is 15.6 Å². The van der Waals surface area contributed by atoms with Gasteiger partial charge in [-0.25, -0.2) is 9.13 Å². The van der Waals surface area contributed by atoms with Gasteiger partial charge in [-0.3, -0.25) is 27.7 Å². The summed E-state index contributed by atoms with van der Waals surface area (Å²) in [6.45, 7) is 0.418. The van der Waals surface area contributed by atoms with Gasteiger partial charge in [-0.2, -0.15) is 0 Å². The highest BCUT2D eigenvalue weighted by atomic mass is 31.2.